The van der Waals surface area contributed by atoms with Crippen molar-refractivity contribution in [2.24, 2.45) is 11.8 Å². The largest absolute Gasteiger partial charge is 0.464 e. The molecule has 3 atom stereocenters. The van der Waals surface area contributed by atoms with Crippen LogP contribution in [0.15, 0.2) is 24.3 Å². The predicted octanol–water partition coefficient (Wildman–Crippen LogP) is 1.90. The molecule has 0 radical (unpaired) electrons. The molecular formula is C17H14O3. The fourth-order valence-corrected chi connectivity index (χ4v) is 3.84. The van der Waals surface area contributed by atoms with Crippen molar-refractivity contribution in [2.75, 3.05) is 13.2 Å². The summed E-state index contributed by atoms with van der Waals surface area (Å²) < 4.78 is 10.8. The second kappa shape index (κ2) is 3.97. The van der Waals surface area contributed by atoms with Crippen LogP contribution in [0, 0.1) is 24.2 Å². The molecule has 1 saturated heterocycles. The van der Waals surface area contributed by atoms with Gasteiger partial charge in [-0.3, -0.25) is 4.79 Å². The summed E-state index contributed by atoms with van der Waals surface area (Å²) >= 11 is 0. The first-order valence-corrected chi connectivity index (χ1v) is 6.77. The first-order chi connectivity index (χ1) is 9.79. The van der Waals surface area contributed by atoms with Crippen molar-refractivity contribution < 1.29 is 14.3 Å². The molecule has 100 valence electrons. The van der Waals surface area contributed by atoms with Crippen LogP contribution in [-0.4, -0.2) is 19.2 Å². The number of fused-ring (bicyclic) bond motifs is 2. The van der Waals surface area contributed by atoms with E-state index in [1.54, 1.807) is 0 Å². The minimum Gasteiger partial charge on any atom is -0.464 e. The molecule has 0 N–H and O–H groups in total. The fraction of sp³-hybridized carbons (Fsp3) is 0.353. The Morgan fingerprint density at radius 3 is 3.25 bits per heavy atom. The van der Waals surface area contributed by atoms with Crippen LogP contribution in [0.4, 0.5) is 0 Å². The summed E-state index contributed by atoms with van der Waals surface area (Å²) in [6.07, 6.45) is 9.48. The normalized spacial score (nSPS) is 31.9. The van der Waals surface area contributed by atoms with Crippen molar-refractivity contribution in [3.8, 4) is 12.3 Å². The third-order valence-electron chi connectivity index (χ3n) is 4.68. The van der Waals surface area contributed by atoms with Crippen LogP contribution in [0.2, 0.25) is 0 Å². The lowest BCUT2D eigenvalue weighted by atomic mass is 9.82. The molecule has 1 spiro atoms. The number of hydrogen-bond donors (Lipinski definition) is 0. The number of rotatable bonds is 3. The summed E-state index contributed by atoms with van der Waals surface area (Å²) in [4.78, 5) is 11.8. The third kappa shape index (κ3) is 1.32. The Bertz CT molecular complexity index is 667. The van der Waals surface area contributed by atoms with E-state index in [0.717, 1.165) is 5.56 Å². The van der Waals surface area contributed by atoms with Gasteiger partial charge in [-0.2, -0.15) is 0 Å². The minimum absolute atomic E-state index is 0.00576. The molecule has 0 amide bonds. The molecule has 3 heteroatoms. The van der Waals surface area contributed by atoms with Gasteiger partial charge in [0.15, 0.2) is 0 Å². The van der Waals surface area contributed by atoms with E-state index in [-0.39, 0.29) is 17.3 Å². The van der Waals surface area contributed by atoms with Crippen LogP contribution in [0.1, 0.15) is 16.7 Å². The number of carbonyl (C=O) groups is 1. The maximum Gasteiger partial charge on any atom is 0.310 e. The van der Waals surface area contributed by atoms with Crippen molar-refractivity contribution in [3.05, 3.63) is 41.0 Å². The van der Waals surface area contributed by atoms with Crippen LogP contribution in [0.25, 0.3) is 6.08 Å². The highest BCUT2D eigenvalue weighted by Crippen LogP contribution is 2.67. The third-order valence-corrected chi connectivity index (χ3v) is 4.68. The molecule has 1 aliphatic heterocycles. The lowest BCUT2D eigenvalue weighted by molar-refractivity contribution is -0.141. The molecule has 1 aromatic carbocycles. The number of benzene rings is 1. The zero-order chi connectivity index (χ0) is 13.7. The van der Waals surface area contributed by atoms with Gasteiger partial charge in [0.1, 0.15) is 13.2 Å². The van der Waals surface area contributed by atoms with E-state index in [2.05, 4.69) is 30.2 Å². The van der Waals surface area contributed by atoms with E-state index >= 15 is 0 Å². The average Bonchev–Trinajstić information content (AvgIpc) is 3.03. The van der Waals surface area contributed by atoms with Crippen LogP contribution >= 0.6 is 0 Å². The number of terminal acetylenes is 1. The van der Waals surface area contributed by atoms with Gasteiger partial charge in [0, 0.05) is 5.92 Å². The van der Waals surface area contributed by atoms with Crippen molar-refractivity contribution in [1.29, 1.82) is 0 Å². The monoisotopic (exact) mass is 266 g/mol. The Hall–Kier alpha value is -2.05. The molecule has 0 bridgehead atoms. The molecule has 0 aromatic heterocycles. The van der Waals surface area contributed by atoms with Gasteiger partial charge in [0.25, 0.3) is 0 Å². The molecule has 1 saturated carbocycles. The number of ether oxygens (including phenoxy) is 2. The highest BCUT2D eigenvalue weighted by molar-refractivity contribution is 5.87. The van der Waals surface area contributed by atoms with E-state index in [9.17, 15) is 4.79 Å². The summed E-state index contributed by atoms with van der Waals surface area (Å²) in [6.45, 7) is 1.27. The summed E-state index contributed by atoms with van der Waals surface area (Å²) in [5.41, 5.74) is 3.37. The van der Waals surface area contributed by atoms with Crippen molar-refractivity contribution in [1.82, 2.24) is 0 Å². The fourth-order valence-electron chi connectivity index (χ4n) is 3.84. The lowest BCUT2D eigenvalue weighted by Gasteiger charge is -2.23. The zero-order valence-corrected chi connectivity index (χ0v) is 11.0. The highest BCUT2D eigenvalue weighted by atomic mass is 16.5. The second-order valence-corrected chi connectivity index (χ2v) is 5.59. The molecule has 2 aliphatic carbocycles. The molecule has 4 rings (SSSR count). The van der Waals surface area contributed by atoms with Gasteiger partial charge in [-0.05, 0) is 16.7 Å². The average molecular weight is 266 g/mol. The number of carbonyl (C=O) groups excluding carboxylic acids is 1. The number of esters is 1. The zero-order valence-electron chi connectivity index (χ0n) is 11.0. The SMILES string of the molecule is C#CCOCc1cccc2c1C13COC(=O)[C@@H]1[C@H]3C=C2. The van der Waals surface area contributed by atoms with Crippen LogP contribution in [0.5, 0.6) is 0 Å². The predicted molar refractivity (Wildman–Crippen MR) is 73.6 cm³/mol. The van der Waals surface area contributed by atoms with Gasteiger partial charge in [0.2, 0.25) is 0 Å². The molecule has 3 aliphatic rings. The van der Waals surface area contributed by atoms with E-state index < -0.39 is 0 Å². The molecule has 1 unspecified atom stereocenters. The van der Waals surface area contributed by atoms with Crippen molar-refractivity contribution >= 4 is 12.0 Å². The highest BCUT2D eigenvalue weighted by Gasteiger charge is 2.74. The standard InChI is InChI=1S/C17H14O3/c1-2-8-19-9-12-5-3-4-11-6-7-13-15-16(18)20-10-17(13,15)14(11)12/h1,3-7,13,15H,8-10H2/t13-,15+,17?/m1/s1. The molecule has 1 heterocycles. The van der Waals surface area contributed by atoms with E-state index in [4.69, 9.17) is 15.9 Å². The molecular weight excluding hydrogens is 252 g/mol. The smallest absolute Gasteiger partial charge is 0.310 e. The summed E-state index contributed by atoms with van der Waals surface area (Å²) in [6, 6.07) is 6.15. The molecule has 3 nitrogen and oxygen atoms in total. The van der Waals surface area contributed by atoms with Crippen LogP contribution < -0.4 is 0 Å². The minimum atomic E-state index is -0.142. The summed E-state index contributed by atoms with van der Waals surface area (Å²) in [5.74, 6) is 2.70. The van der Waals surface area contributed by atoms with E-state index in [0.29, 0.717) is 25.7 Å². The molecule has 1 aromatic rings. The Labute approximate surface area is 117 Å². The first-order valence-electron chi connectivity index (χ1n) is 6.77. The number of hydrogen-bond acceptors (Lipinski definition) is 3. The van der Waals surface area contributed by atoms with Crippen molar-refractivity contribution in [3.63, 3.8) is 0 Å². The topological polar surface area (TPSA) is 35.5 Å². The van der Waals surface area contributed by atoms with Crippen LogP contribution in [-0.2, 0) is 26.3 Å². The number of allylic oxidation sites excluding steroid dienone is 1. The Balaban J connectivity index is 1.77. The van der Waals surface area contributed by atoms with E-state index in [1.165, 1.54) is 11.1 Å². The second-order valence-electron chi connectivity index (χ2n) is 5.59. The number of cyclic esters (lactones) is 1. The quantitative estimate of drug-likeness (QED) is 0.476. The van der Waals surface area contributed by atoms with Gasteiger partial charge in [-0.15, -0.1) is 6.42 Å². The Kier molecular flexibility index (Phi) is 2.33. The Morgan fingerprint density at radius 1 is 1.50 bits per heavy atom. The first kappa shape index (κ1) is 11.7. The van der Waals surface area contributed by atoms with Gasteiger partial charge in [0.05, 0.1) is 17.9 Å². The van der Waals surface area contributed by atoms with E-state index in [1.807, 2.05) is 6.07 Å². The van der Waals surface area contributed by atoms with Gasteiger partial charge in [-0.25, -0.2) is 0 Å². The molecule has 2 fully saturated rings. The maximum atomic E-state index is 11.8. The van der Waals surface area contributed by atoms with Gasteiger partial charge in [-0.1, -0.05) is 36.3 Å². The summed E-state index contributed by atoms with van der Waals surface area (Å²) in [7, 11) is 0. The van der Waals surface area contributed by atoms with Crippen LogP contribution in [0.3, 0.4) is 0 Å². The lowest BCUT2D eigenvalue weighted by Crippen LogP contribution is -2.21. The van der Waals surface area contributed by atoms with Gasteiger partial charge < -0.3 is 9.47 Å². The van der Waals surface area contributed by atoms with Crippen molar-refractivity contribution in [2.45, 2.75) is 12.0 Å². The maximum absolute atomic E-state index is 11.8. The Morgan fingerprint density at radius 2 is 2.40 bits per heavy atom. The summed E-state index contributed by atoms with van der Waals surface area (Å²) in [5, 5.41) is 0. The molecule has 20 heavy (non-hydrogen) atoms. The van der Waals surface area contributed by atoms with Gasteiger partial charge >= 0.3 is 5.97 Å².